The summed E-state index contributed by atoms with van der Waals surface area (Å²) in [4.78, 5) is 14.1. The lowest BCUT2D eigenvalue weighted by Gasteiger charge is -2.22. The van der Waals surface area contributed by atoms with Crippen molar-refractivity contribution in [1.82, 2.24) is 14.8 Å². The zero-order valence-electron chi connectivity index (χ0n) is 17.4. The van der Waals surface area contributed by atoms with Crippen molar-refractivity contribution in [2.24, 2.45) is 7.05 Å². The Morgan fingerprint density at radius 1 is 1.19 bits per heavy atom. The molecule has 0 aliphatic heterocycles. The van der Waals surface area contributed by atoms with E-state index in [4.69, 9.17) is 5.26 Å². The Morgan fingerprint density at radius 2 is 1.94 bits per heavy atom. The summed E-state index contributed by atoms with van der Waals surface area (Å²) >= 11 is 1.14. The molecule has 3 aromatic rings. The molecule has 0 aliphatic carbocycles. The first kappa shape index (κ1) is 23.3. The SMILES string of the molecule is Cc1ccccc1-c1nnc(SCC(=O)N(CCC#N)c2cccc(C(F)(F)F)c2)n1C. The van der Waals surface area contributed by atoms with E-state index in [9.17, 15) is 18.0 Å². The molecule has 0 radical (unpaired) electrons. The van der Waals surface area contributed by atoms with Gasteiger partial charge in [0.05, 0.1) is 23.8 Å². The van der Waals surface area contributed by atoms with E-state index >= 15 is 0 Å². The maximum atomic E-state index is 13.1. The number of carbonyl (C=O) groups excluding carboxylic acids is 1. The Balaban J connectivity index is 1.79. The van der Waals surface area contributed by atoms with Crippen LogP contribution in [0.4, 0.5) is 18.9 Å². The van der Waals surface area contributed by atoms with Crippen molar-refractivity contribution in [2.75, 3.05) is 17.2 Å². The number of amides is 1. The molecule has 0 fully saturated rings. The van der Waals surface area contributed by atoms with Crippen LogP contribution in [0.3, 0.4) is 0 Å². The van der Waals surface area contributed by atoms with E-state index < -0.39 is 17.6 Å². The number of hydrogen-bond donors (Lipinski definition) is 0. The van der Waals surface area contributed by atoms with Crippen molar-refractivity contribution in [3.63, 3.8) is 0 Å². The highest BCUT2D eigenvalue weighted by Gasteiger charge is 2.31. The molecule has 10 heteroatoms. The van der Waals surface area contributed by atoms with Crippen LogP contribution in [0.2, 0.25) is 0 Å². The second kappa shape index (κ2) is 9.87. The number of nitriles is 1. The van der Waals surface area contributed by atoms with Gasteiger partial charge < -0.3 is 9.47 Å². The molecule has 1 aromatic heterocycles. The van der Waals surface area contributed by atoms with Crippen LogP contribution >= 0.6 is 11.8 Å². The fraction of sp³-hybridized carbons (Fsp3) is 0.273. The van der Waals surface area contributed by atoms with Crippen LogP contribution in [0.1, 0.15) is 17.5 Å². The second-order valence-corrected chi connectivity index (χ2v) is 7.91. The molecule has 0 N–H and O–H groups in total. The van der Waals surface area contributed by atoms with Gasteiger partial charge in [-0.1, -0.05) is 42.1 Å². The van der Waals surface area contributed by atoms with E-state index in [2.05, 4.69) is 10.2 Å². The molecule has 2 aromatic carbocycles. The third-order valence-corrected chi connectivity index (χ3v) is 5.78. The topological polar surface area (TPSA) is 74.8 Å². The first-order valence-electron chi connectivity index (χ1n) is 9.65. The monoisotopic (exact) mass is 459 g/mol. The number of aryl methyl sites for hydroxylation is 1. The average Bonchev–Trinajstić information content (AvgIpc) is 3.12. The van der Waals surface area contributed by atoms with Crippen LogP contribution in [-0.2, 0) is 18.0 Å². The van der Waals surface area contributed by atoms with Crippen molar-refractivity contribution in [2.45, 2.75) is 24.7 Å². The summed E-state index contributed by atoms with van der Waals surface area (Å²) in [5.74, 6) is 0.156. The minimum atomic E-state index is -4.53. The van der Waals surface area contributed by atoms with Gasteiger partial charge in [-0.15, -0.1) is 10.2 Å². The zero-order valence-corrected chi connectivity index (χ0v) is 18.2. The van der Waals surface area contributed by atoms with Crippen molar-refractivity contribution in [1.29, 1.82) is 5.26 Å². The summed E-state index contributed by atoms with van der Waals surface area (Å²) < 4.78 is 41.0. The van der Waals surface area contributed by atoms with E-state index in [1.54, 1.807) is 11.6 Å². The summed E-state index contributed by atoms with van der Waals surface area (Å²) in [7, 11) is 1.79. The average molecular weight is 459 g/mol. The first-order chi connectivity index (χ1) is 15.2. The number of thioether (sulfide) groups is 1. The Labute approximate surface area is 187 Å². The third kappa shape index (κ3) is 5.29. The van der Waals surface area contributed by atoms with Gasteiger partial charge in [0.1, 0.15) is 0 Å². The lowest BCUT2D eigenvalue weighted by molar-refractivity contribution is -0.137. The van der Waals surface area contributed by atoms with Gasteiger partial charge in [-0.25, -0.2) is 0 Å². The molecular weight excluding hydrogens is 439 g/mol. The second-order valence-electron chi connectivity index (χ2n) is 6.97. The largest absolute Gasteiger partial charge is 0.416 e. The van der Waals surface area contributed by atoms with Crippen LogP contribution in [0.5, 0.6) is 0 Å². The van der Waals surface area contributed by atoms with Crippen LogP contribution in [0, 0.1) is 18.3 Å². The lowest BCUT2D eigenvalue weighted by atomic mass is 10.1. The van der Waals surface area contributed by atoms with Gasteiger partial charge >= 0.3 is 6.18 Å². The van der Waals surface area contributed by atoms with Crippen LogP contribution in [0.15, 0.2) is 53.7 Å². The molecule has 0 spiro atoms. The highest BCUT2D eigenvalue weighted by Crippen LogP contribution is 2.32. The number of carbonyl (C=O) groups is 1. The van der Waals surface area contributed by atoms with Crippen LogP contribution in [0.25, 0.3) is 11.4 Å². The smallest absolute Gasteiger partial charge is 0.311 e. The predicted molar refractivity (Wildman–Crippen MR) is 116 cm³/mol. The van der Waals surface area contributed by atoms with Crippen molar-refractivity contribution in [3.05, 3.63) is 59.7 Å². The minimum absolute atomic E-state index is 0.00591. The van der Waals surface area contributed by atoms with E-state index in [-0.39, 0.29) is 24.4 Å². The molecule has 166 valence electrons. The van der Waals surface area contributed by atoms with Crippen LogP contribution < -0.4 is 4.90 Å². The quantitative estimate of drug-likeness (QED) is 0.472. The van der Waals surface area contributed by atoms with Crippen molar-refractivity contribution >= 4 is 23.4 Å². The number of benzene rings is 2. The normalized spacial score (nSPS) is 11.2. The van der Waals surface area contributed by atoms with Gasteiger partial charge in [-0.05, 0) is 30.7 Å². The summed E-state index contributed by atoms with van der Waals surface area (Å²) in [5.41, 5.74) is 1.19. The molecule has 1 amide bonds. The minimum Gasteiger partial charge on any atom is -0.311 e. The number of aromatic nitrogens is 3. The zero-order chi connectivity index (χ0) is 23.3. The number of halogens is 3. The highest BCUT2D eigenvalue weighted by molar-refractivity contribution is 7.99. The molecule has 0 saturated heterocycles. The molecule has 0 aliphatic rings. The van der Waals surface area contributed by atoms with E-state index in [1.165, 1.54) is 17.0 Å². The number of rotatable bonds is 7. The first-order valence-corrected chi connectivity index (χ1v) is 10.6. The van der Waals surface area contributed by atoms with Gasteiger partial charge in [-0.3, -0.25) is 4.79 Å². The third-order valence-electron chi connectivity index (χ3n) is 4.78. The van der Waals surface area contributed by atoms with E-state index in [0.717, 1.165) is 35.0 Å². The molecule has 0 atom stereocenters. The van der Waals surface area contributed by atoms with Gasteiger partial charge in [0.2, 0.25) is 5.91 Å². The van der Waals surface area contributed by atoms with Gasteiger partial charge in [0.25, 0.3) is 0 Å². The van der Waals surface area contributed by atoms with Gasteiger partial charge in [0, 0.05) is 24.8 Å². The molecule has 1 heterocycles. The molecule has 0 saturated carbocycles. The molecular formula is C22H20F3N5OS. The van der Waals surface area contributed by atoms with Crippen LogP contribution in [-0.4, -0.2) is 33.0 Å². The molecule has 32 heavy (non-hydrogen) atoms. The number of nitrogens with zero attached hydrogens (tertiary/aromatic N) is 5. The maximum Gasteiger partial charge on any atom is 0.416 e. The summed E-state index contributed by atoms with van der Waals surface area (Å²) in [5, 5.41) is 17.8. The van der Waals surface area contributed by atoms with E-state index in [0.29, 0.717) is 11.0 Å². The number of anilines is 1. The Morgan fingerprint density at radius 3 is 2.62 bits per heavy atom. The maximum absolute atomic E-state index is 13.1. The summed E-state index contributed by atoms with van der Waals surface area (Å²) in [6.45, 7) is 1.95. The summed E-state index contributed by atoms with van der Waals surface area (Å²) in [6.07, 6.45) is -4.53. The van der Waals surface area contributed by atoms with Crippen molar-refractivity contribution < 1.29 is 18.0 Å². The fourth-order valence-corrected chi connectivity index (χ4v) is 3.90. The number of alkyl halides is 3. The lowest BCUT2D eigenvalue weighted by Crippen LogP contribution is -2.33. The predicted octanol–water partition coefficient (Wildman–Crippen LogP) is 4.85. The summed E-state index contributed by atoms with van der Waals surface area (Å²) in [6, 6.07) is 14.2. The van der Waals surface area contributed by atoms with Crippen molar-refractivity contribution in [3.8, 4) is 17.5 Å². The molecule has 0 unspecified atom stereocenters. The highest BCUT2D eigenvalue weighted by atomic mass is 32.2. The Bertz CT molecular complexity index is 1150. The fourth-order valence-electron chi connectivity index (χ4n) is 3.11. The van der Waals surface area contributed by atoms with Gasteiger partial charge in [-0.2, -0.15) is 18.4 Å². The molecule has 3 rings (SSSR count). The van der Waals surface area contributed by atoms with E-state index in [1.807, 2.05) is 37.3 Å². The molecule has 6 nitrogen and oxygen atoms in total. The standard InChI is InChI=1S/C22H20F3N5OS/c1-15-7-3-4-10-18(15)20-27-28-21(29(20)2)32-14-19(31)30(12-6-11-26)17-9-5-8-16(13-17)22(23,24)25/h3-5,7-10,13H,6,12,14H2,1-2H3. The Hall–Kier alpha value is -3.32. The Kier molecular flexibility index (Phi) is 7.20. The number of hydrogen-bond acceptors (Lipinski definition) is 5. The molecule has 0 bridgehead atoms. The van der Waals surface area contributed by atoms with Gasteiger partial charge in [0.15, 0.2) is 11.0 Å².